The minimum absolute atomic E-state index is 0.0496. The van der Waals surface area contributed by atoms with E-state index < -0.39 is 35.7 Å². The van der Waals surface area contributed by atoms with E-state index in [0.29, 0.717) is 0 Å². The van der Waals surface area contributed by atoms with Gasteiger partial charge in [0.15, 0.2) is 5.54 Å². The van der Waals surface area contributed by atoms with Crippen molar-refractivity contribution in [1.82, 2.24) is 10.6 Å². The number of ether oxygens (including phenoxy) is 2. The van der Waals surface area contributed by atoms with Crippen molar-refractivity contribution in [2.24, 2.45) is 0 Å². The Labute approximate surface area is 191 Å². The molecule has 2 atom stereocenters. The number of aliphatic hydroxyl groups excluding tert-OH is 1. The zero-order valence-corrected chi connectivity index (χ0v) is 18.8. The summed E-state index contributed by atoms with van der Waals surface area (Å²) in [7, 11) is 1.34. The summed E-state index contributed by atoms with van der Waals surface area (Å²) in [5.41, 5.74) is 0.705. The van der Waals surface area contributed by atoms with Gasteiger partial charge < -0.3 is 30.3 Å². The Kier molecular flexibility index (Phi) is 7.04. The van der Waals surface area contributed by atoms with Gasteiger partial charge in [-0.15, -0.1) is 0 Å². The first kappa shape index (κ1) is 24.2. The molecule has 0 spiro atoms. The number of fused-ring (bicyclic) bond motifs is 3. The van der Waals surface area contributed by atoms with Crippen LogP contribution in [0.4, 0.5) is 4.79 Å². The fourth-order valence-electron chi connectivity index (χ4n) is 3.86. The van der Waals surface area contributed by atoms with Gasteiger partial charge in [0, 0.05) is 13.0 Å². The van der Waals surface area contributed by atoms with Gasteiger partial charge in [-0.1, -0.05) is 48.5 Å². The van der Waals surface area contributed by atoms with E-state index in [1.807, 2.05) is 48.5 Å². The molecule has 1 aliphatic carbocycles. The molecule has 0 heterocycles. The number of carbonyl (C=O) groups is 3. The van der Waals surface area contributed by atoms with Gasteiger partial charge in [-0.2, -0.15) is 0 Å². The van der Waals surface area contributed by atoms with Crippen molar-refractivity contribution in [3.05, 3.63) is 59.7 Å². The van der Waals surface area contributed by atoms with Crippen molar-refractivity contribution < 1.29 is 34.1 Å². The molecule has 0 saturated carbocycles. The molecule has 2 aromatic carbocycles. The number of carboxylic acids is 1. The molecule has 0 aliphatic heterocycles. The van der Waals surface area contributed by atoms with Crippen LogP contribution in [-0.4, -0.2) is 66.2 Å². The van der Waals surface area contributed by atoms with Crippen molar-refractivity contribution in [3.8, 4) is 11.1 Å². The monoisotopic (exact) mass is 456 g/mol. The number of rotatable bonds is 9. The molecule has 0 radical (unpaired) electrons. The van der Waals surface area contributed by atoms with Crippen molar-refractivity contribution in [2.75, 3.05) is 26.9 Å². The van der Waals surface area contributed by atoms with Crippen molar-refractivity contribution in [3.63, 3.8) is 0 Å². The normalized spacial score (nSPS) is 16.0. The lowest BCUT2D eigenvalue weighted by Gasteiger charge is -2.33. The third-order valence-electron chi connectivity index (χ3n) is 5.83. The summed E-state index contributed by atoms with van der Waals surface area (Å²) in [6, 6.07) is 15.8. The molecule has 2 unspecified atom stereocenters. The van der Waals surface area contributed by atoms with Gasteiger partial charge in [0.1, 0.15) is 12.1 Å². The second-order valence-corrected chi connectivity index (χ2v) is 8.47. The molecule has 3 rings (SSSR count). The summed E-state index contributed by atoms with van der Waals surface area (Å²) < 4.78 is 10.6. The number of amides is 2. The molecule has 2 amide bonds. The molecule has 33 heavy (non-hydrogen) atoms. The van der Waals surface area contributed by atoms with E-state index in [4.69, 9.17) is 9.47 Å². The second kappa shape index (κ2) is 9.60. The van der Waals surface area contributed by atoms with Crippen LogP contribution >= 0.6 is 0 Å². The van der Waals surface area contributed by atoms with Gasteiger partial charge in [0.25, 0.3) is 0 Å². The van der Waals surface area contributed by atoms with Crippen LogP contribution in [-0.2, 0) is 19.1 Å². The van der Waals surface area contributed by atoms with Crippen LogP contribution in [0.1, 0.15) is 30.9 Å². The molecule has 4 N–H and O–H groups in total. The Morgan fingerprint density at radius 2 is 1.48 bits per heavy atom. The van der Waals surface area contributed by atoms with Gasteiger partial charge in [0.2, 0.25) is 5.91 Å². The minimum atomic E-state index is -1.92. The lowest BCUT2D eigenvalue weighted by atomic mass is 9.97. The number of aliphatic carboxylic acids is 1. The number of alkyl carbamates (subject to hydrolysis) is 1. The molecule has 0 fully saturated rings. The maximum Gasteiger partial charge on any atom is 0.408 e. The number of hydrogen-bond acceptors (Lipinski definition) is 6. The van der Waals surface area contributed by atoms with E-state index in [9.17, 15) is 24.6 Å². The Morgan fingerprint density at radius 3 is 1.97 bits per heavy atom. The number of methoxy groups -OCH3 is 1. The molecule has 9 nitrogen and oxygen atoms in total. The second-order valence-electron chi connectivity index (χ2n) is 8.47. The zero-order chi connectivity index (χ0) is 24.2. The van der Waals surface area contributed by atoms with E-state index in [2.05, 4.69) is 10.6 Å². The smallest absolute Gasteiger partial charge is 0.408 e. The number of aliphatic hydroxyl groups is 1. The number of benzene rings is 2. The van der Waals surface area contributed by atoms with E-state index in [-0.39, 0.29) is 19.1 Å². The van der Waals surface area contributed by atoms with Crippen LogP contribution in [0, 0.1) is 0 Å². The summed E-state index contributed by atoms with van der Waals surface area (Å²) in [5, 5.41) is 23.5. The summed E-state index contributed by atoms with van der Waals surface area (Å²) in [6.07, 6.45) is -0.854. The van der Waals surface area contributed by atoms with Crippen LogP contribution in [0.25, 0.3) is 11.1 Å². The van der Waals surface area contributed by atoms with Gasteiger partial charge >= 0.3 is 12.1 Å². The number of carbonyl (C=O) groups excluding carboxylic acids is 2. The number of nitrogens with one attached hydrogen (secondary N) is 2. The van der Waals surface area contributed by atoms with Crippen molar-refractivity contribution >= 4 is 18.0 Å². The molecular weight excluding hydrogens is 428 g/mol. The summed E-state index contributed by atoms with van der Waals surface area (Å²) >= 11 is 0. The maximum absolute atomic E-state index is 12.8. The third-order valence-corrected chi connectivity index (χ3v) is 5.83. The number of carboxylic acid groups (broad SMARTS) is 1. The third kappa shape index (κ3) is 4.84. The predicted octanol–water partition coefficient (Wildman–Crippen LogP) is 1.88. The molecule has 176 valence electrons. The SMILES string of the molecule is COCC(C)(NC(=O)OCC1c2ccccc2-c2ccccc21)C(=O)NC(C)(CO)C(=O)O. The standard InChI is InChI=1S/C24H28N2O7/c1-23(13-27,21(29)30)25-20(28)24(2,14-32-3)26-22(31)33-12-19-17-10-6-4-8-15(17)16-9-5-7-11-18(16)19/h4-11,19,27H,12-14H2,1-3H3,(H,25,28)(H,26,31)(H,29,30). The molecule has 0 saturated heterocycles. The van der Waals surface area contributed by atoms with E-state index in [1.165, 1.54) is 14.0 Å². The topological polar surface area (TPSA) is 134 Å². The van der Waals surface area contributed by atoms with Crippen LogP contribution < -0.4 is 10.6 Å². The highest BCUT2D eigenvalue weighted by atomic mass is 16.5. The molecule has 0 aromatic heterocycles. The highest BCUT2D eigenvalue weighted by Gasteiger charge is 2.42. The van der Waals surface area contributed by atoms with Crippen LogP contribution in [0.5, 0.6) is 0 Å². The lowest BCUT2D eigenvalue weighted by molar-refractivity contribution is -0.150. The van der Waals surface area contributed by atoms with Gasteiger partial charge in [-0.05, 0) is 36.1 Å². The average Bonchev–Trinajstić information content (AvgIpc) is 3.11. The first-order chi connectivity index (χ1) is 15.6. The first-order valence-electron chi connectivity index (χ1n) is 10.4. The Hall–Kier alpha value is -3.43. The van der Waals surface area contributed by atoms with Crippen LogP contribution in [0.15, 0.2) is 48.5 Å². The van der Waals surface area contributed by atoms with E-state index in [1.54, 1.807) is 0 Å². The molecule has 9 heteroatoms. The fourth-order valence-corrected chi connectivity index (χ4v) is 3.86. The molecule has 0 bridgehead atoms. The lowest BCUT2D eigenvalue weighted by Crippen LogP contribution is -2.66. The molecule has 1 aliphatic rings. The maximum atomic E-state index is 12.8. The number of hydrogen-bond donors (Lipinski definition) is 4. The van der Waals surface area contributed by atoms with Gasteiger partial charge in [-0.3, -0.25) is 4.79 Å². The summed E-state index contributed by atoms with van der Waals surface area (Å²) in [4.78, 5) is 36.9. The minimum Gasteiger partial charge on any atom is -0.479 e. The van der Waals surface area contributed by atoms with E-state index in [0.717, 1.165) is 29.2 Å². The average molecular weight is 456 g/mol. The quantitative estimate of drug-likeness (QED) is 0.453. The van der Waals surface area contributed by atoms with Crippen molar-refractivity contribution in [2.45, 2.75) is 30.8 Å². The van der Waals surface area contributed by atoms with Crippen LogP contribution in [0.3, 0.4) is 0 Å². The highest BCUT2D eigenvalue weighted by molar-refractivity contribution is 5.94. The molecule has 2 aromatic rings. The summed E-state index contributed by atoms with van der Waals surface area (Å²) in [5.74, 6) is -2.41. The summed E-state index contributed by atoms with van der Waals surface area (Å²) in [6.45, 7) is 1.51. The predicted molar refractivity (Wildman–Crippen MR) is 120 cm³/mol. The van der Waals surface area contributed by atoms with Crippen molar-refractivity contribution in [1.29, 1.82) is 0 Å². The fraction of sp³-hybridized carbons (Fsp3) is 0.375. The van der Waals surface area contributed by atoms with Gasteiger partial charge in [-0.25, -0.2) is 9.59 Å². The highest BCUT2D eigenvalue weighted by Crippen LogP contribution is 2.44. The first-order valence-corrected chi connectivity index (χ1v) is 10.4. The Balaban J connectivity index is 1.72. The largest absolute Gasteiger partial charge is 0.479 e. The van der Waals surface area contributed by atoms with Gasteiger partial charge in [0.05, 0.1) is 13.2 Å². The van der Waals surface area contributed by atoms with Crippen LogP contribution in [0.2, 0.25) is 0 Å². The molecular formula is C24H28N2O7. The Bertz CT molecular complexity index is 1010. The van der Waals surface area contributed by atoms with E-state index >= 15 is 0 Å². The Morgan fingerprint density at radius 1 is 0.939 bits per heavy atom. The zero-order valence-electron chi connectivity index (χ0n) is 18.8.